The first-order valence-corrected chi connectivity index (χ1v) is 9.27. The fraction of sp³-hybridized carbons (Fsp3) is 0.318. The number of imide groups is 1. The summed E-state index contributed by atoms with van der Waals surface area (Å²) in [5, 5.41) is 3.07. The summed E-state index contributed by atoms with van der Waals surface area (Å²) in [5.41, 5.74) is 3.66. The van der Waals surface area contributed by atoms with Gasteiger partial charge in [-0.2, -0.15) is 0 Å². The van der Waals surface area contributed by atoms with Crippen LogP contribution in [0.3, 0.4) is 0 Å². The van der Waals surface area contributed by atoms with Crippen LogP contribution < -0.4 is 5.32 Å². The Labute approximate surface area is 159 Å². The van der Waals surface area contributed by atoms with Gasteiger partial charge >= 0.3 is 0 Å². The summed E-state index contributed by atoms with van der Waals surface area (Å²) in [4.78, 5) is 37.3. The minimum Gasteiger partial charge on any atom is -0.345 e. The highest BCUT2D eigenvalue weighted by Gasteiger charge is 2.28. The van der Waals surface area contributed by atoms with E-state index in [1.54, 1.807) is 24.3 Å². The van der Waals surface area contributed by atoms with Crippen LogP contribution in [0.25, 0.3) is 0 Å². The van der Waals surface area contributed by atoms with Crippen LogP contribution in [0.4, 0.5) is 0 Å². The molecule has 2 aromatic rings. The third kappa shape index (κ3) is 4.42. The van der Waals surface area contributed by atoms with E-state index < -0.39 is 0 Å². The zero-order valence-electron chi connectivity index (χ0n) is 15.7. The fourth-order valence-electron chi connectivity index (χ4n) is 3.20. The minimum absolute atomic E-state index is 0.0439. The number of hydrogen-bond donors (Lipinski definition) is 1. The molecule has 1 heterocycles. The Bertz CT molecular complexity index is 825. The predicted molar refractivity (Wildman–Crippen MR) is 103 cm³/mol. The maximum atomic E-state index is 12.6. The molecule has 0 aliphatic carbocycles. The van der Waals surface area contributed by atoms with Crippen LogP contribution in [0.1, 0.15) is 59.3 Å². The summed E-state index contributed by atoms with van der Waals surface area (Å²) in [5.74, 6) is -0.404. The van der Waals surface area contributed by atoms with Gasteiger partial charge in [0.05, 0.1) is 12.6 Å². The first-order chi connectivity index (χ1) is 13.0. The van der Waals surface area contributed by atoms with Crippen LogP contribution in [0.5, 0.6) is 0 Å². The molecule has 0 radical (unpaired) electrons. The fourth-order valence-corrected chi connectivity index (χ4v) is 3.20. The average Bonchev–Trinajstić information content (AvgIpc) is 2.99. The highest BCUT2D eigenvalue weighted by Crippen LogP contribution is 2.19. The van der Waals surface area contributed by atoms with E-state index in [1.165, 1.54) is 10.5 Å². The number of aryl methyl sites for hydroxylation is 1. The number of benzene rings is 2. The zero-order chi connectivity index (χ0) is 19.4. The monoisotopic (exact) mass is 364 g/mol. The molecule has 1 saturated heterocycles. The molecular weight excluding hydrogens is 340 g/mol. The van der Waals surface area contributed by atoms with Crippen LogP contribution in [0, 0.1) is 6.92 Å². The first-order valence-electron chi connectivity index (χ1n) is 9.27. The van der Waals surface area contributed by atoms with E-state index in [-0.39, 0.29) is 43.1 Å². The van der Waals surface area contributed by atoms with E-state index in [0.717, 1.165) is 17.5 Å². The van der Waals surface area contributed by atoms with Crippen LogP contribution in [-0.2, 0) is 16.1 Å². The molecule has 27 heavy (non-hydrogen) atoms. The third-order valence-corrected chi connectivity index (χ3v) is 4.90. The Hall–Kier alpha value is -2.95. The molecule has 0 spiro atoms. The van der Waals surface area contributed by atoms with Crippen molar-refractivity contribution in [3.63, 3.8) is 0 Å². The summed E-state index contributed by atoms with van der Waals surface area (Å²) in [6, 6.07) is 15.2. The Balaban J connectivity index is 1.65. The predicted octanol–water partition coefficient (Wildman–Crippen LogP) is 3.53. The Morgan fingerprint density at radius 1 is 1.00 bits per heavy atom. The molecule has 140 valence electrons. The number of carbonyl (C=O) groups is 3. The van der Waals surface area contributed by atoms with Crippen molar-refractivity contribution in [2.45, 2.75) is 45.7 Å². The van der Waals surface area contributed by atoms with Gasteiger partial charge in [0.1, 0.15) is 0 Å². The first kappa shape index (κ1) is 18.8. The van der Waals surface area contributed by atoms with Crippen LogP contribution in [-0.4, -0.2) is 22.6 Å². The molecule has 1 fully saturated rings. The molecule has 0 bridgehead atoms. The van der Waals surface area contributed by atoms with E-state index in [2.05, 4.69) is 5.32 Å². The maximum absolute atomic E-state index is 12.6. The van der Waals surface area contributed by atoms with E-state index >= 15 is 0 Å². The van der Waals surface area contributed by atoms with Gasteiger partial charge in [-0.1, -0.05) is 48.9 Å². The second kappa shape index (κ2) is 8.16. The molecule has 1 atom stereocenters. The second-order valence-electron chi connectivity index (χ2n) is 6.92. The molecule has 3 rings (SSSR count). The van der Waals surface area contributed by atoms with Gasteiger partial charge in [0, 0.05) is 18.4 Å². The quantitative estimate of drug-likeness (QED) is 0.798. The van der Waals surface area contributed by atoms with Crippen LogP contribution in [0.15, 0.2) is 48.5 Å². The number of nitrogens with zero attached hydrogens (tertiary/aromatic N) is 1. The van der Waals surface area contributed by atoms with Crippen molar-refractivity contribution >= 4 is 17.7 Å². The van der Waals surface area contributed by atoms with Crippen molar-refractivity contribution in [3.8, 4) is 0 Å². The minimum atomic E-state index is -0.137. The molecule has 5 nitrogen and oxygen atoms in total. The van der Waals surface area contributed by atoms with Crippen molar-refractivity contribution in [1.82, 2.24) is 10.2 Å². The smallest absolute Gasteiger partial charge is 0.251 e. The van der Waals surface area contributed by atoms with Crippen molar-refractivity contribution in [1.29, 1.82) is 0 Å². The average molecular weight is 364 g/mol. The van der Waals surface area contributed by atoms with E-state index in [4.69, 9.17) is 0 Å². The van der Waals surface area contributed by atoms with Crippen LogP contribution >= 0.6 is 0 Å². The lowest BCUT2D eigenvalue weighted by atomic mass is 10.0. The number of nitrogens with one attached hydrogen (secondary N) is 1. The van der Waals surface area contributed by atoms with E-state index in [9.17, 15) is 14.4 Å². The normalized spacial score (nSPS) is 15.1. The van der Waals surface area contributed by atoms with Crippen molar-refractivity contribution in [2.24, 2.45) is 0 Å². The molecule has 0 unspecified atom stereocenters. The summed E-state index contributed by atoms with van der Waals surface area (Å²) < 4.78 is 0. The largest absolute Gasteiger partial charge is 0.345 e. The number of hydrogen-bond acceptors (Lipinski definition) is 3. The molecule has 0 aromatic heterocycles. The Morgan fingerprint density at radius 3 is 2.15 bits per heavy atom. The molecule has 5 heteroatoms. The number of carbonyl (C=O) groups excluding carboxylic acids is 3. The number of rotatable bonds is 6. The highest BCUT2D eigenvalue weighted by atomic mass is 16.2. The Kier molecular flexibility index (Phi) is 5.69. The molecule has 1 aliphatic heterocycles. The van der Waals surface area contributed by atoms with Gasteiger partial charge in [-0.15, -0.1) is 0 Å². The molecule has 3 amide bonds. The van der Waals surface area contributed by atoms with Gasteiger partial charge in [-0.05, 0) is 36.6 Å². The molecule has 1 aliphatic rings. The van der Waals surface area contributed by atoms with Crippen molar-refractivity contribution in [2.75, 3.05) is 0 Å². The highest BCUT2D eigenvalue weighted by molar-refractivity contribution is 6.01. The van der Waals surface area contributed by atoms with Crippen molar-refractivity contribution < 1.29 is 14.4 Å². The molecular formula is C22H24N2O3. The summed E-state index contributed by atoms with van der Waals surface area (Å²) in [7, 11) is 0. The topological polar surface area (TPSA) is 66.5 Å². The van der Waals surface area contributed by atoms with Gasteiger partial charge in [-0.25, -0.2) is 0 Å². The third-order valence-electron chi connectivity index (χ3n) is 4.90. The second-order valence-corrected chi connectivity index (χ2v) is 6.92. The van der Waals surface area contributed by atoms with Crippen LogP contribution in [0.2, 0.25) is 0 Å². The summed E-state index contributed by atoms with van der Waals surface area (Å²) >= 11 is 0. The van der Waals surface area contributed by atoms with Gasteiger partial charge in [-0.3, -0.25) is 19.3 Å². The Morgan fingerprint density at radius 2 is 1.59 bits per heavy atom. The van der Waals surface area contributed by atoms with Gasteiger partial charge in [0.15, 0.2) is 0 Å². The zero-order valence-corrected chi connectivity index (χ0v) is 15.7. The van der Waals surface area contributed by atoms with E-state index in [0.29, 0.717) is 5.56 Å². The lowest BCUT2D eigenvalue weighted by Gasteiger charge is -2.18. The molecule has 2 aromatic carbocycles. The summed E-state index contributed by atoms with van der Waals surface area (Å²) in [6.45, 7) is 4.34. The summed E-state index contributed by atoms with van der Waals surface area (Å²) in [6.07, 6.45) is 1.37. The van der Waals surface area contributed by atoms with E-state index in [1.807, 2.05) is 38.1 Å². The standard InChI is InChI=1S/C22H24N2O3/c1-3-19(17-8-4-15(2)5-9-17)23-22(27)18-10-6-16(7-11-18)14-24-20(25)12-13-21(24)26/h4-11,19H,3,12-14H2,1-2H3,(H,23,27)/t19-/m1/s1. The number of amides is 3. The van der Waals surface area contributed by atoms with Gasteiger partial charge in [0.25, 0.3) is 5.91 Å². The van der Waals surface area contributed by atoms with Gasteiger partial charge < -0.3 is 5.32 Å². The number of likely N-dealkylation sites (tertiary alicyclic amines) is 1. The molecule has 1 N–H and O–H groups in total. The molecule has 0 saturated carbocycles. The maximum Gasteiger partial charge on any atom is 0.251 e. The van der Waals surface area contributed by atoms with Crippen molar-refractivity contribution in [3.05, 3.63) is 70.8 Å². The lowest BCUT2D eigenvalue weighted by molar-refractivity contribution is -0.139. The van der Waals surface area contributed by atoms with Gasteiger partial charge in [0.2, 0.25) is 11.8 Å². The lowest BCUT2D eigenvalue weighted by Crippen LogP contribution is -2.29. The SMILES string of the molecule is CC[C@@H](NC(=O)c1ccc(CN2C(=O)CCC2=O)cc1)c1ccc(C)cc1.